The third-order valence-electron chi connectivity index (χ3n) is 8.21. The number of rotatable bonds is 12. The van der Waals surface area contributed by atoms with Crippen LogP contribution in [0.3, 0.4) is 0 Å². The maximum atomic E-state index is 13.5. The summed E-state index contributed by atoms with van der Waals surface area (Å²) in [5.41, 5.74) is 5.57. The largest absolute Gasteiger partial charge is 0.372 e. The van der Waals surface area contributed by atoms with Gasteiger partial charge < -0.3 is 24.5 Å². The summed E-state index contributed by atoms with van der Waals surface area (Å²) >= 11 is 0. The second-order valence-corrected chi connectivity index (χ2v) is 11.2. The molecule has 0 N–H and O–H groups in total. The van der Waals surface area contributed by atoms with Gasteiger partial charge >= 0.3 is 0 Å². The van der Waals surface area contributed by atoms with Gasteiger partial charge in [-0.05, 0) is 63.4 Å². The van der Waals surface area contributed by atoms with Crippen LogP contribution in [0.1, 0.15) is 55.5 Å². The summed E-state index contributed by atoms with van der Waals surface area (Å²) in [6.07, 6.45) is 8.57. The first-order chi connectivity index (χ1) is 19.0. The average molecular weight is 532 g/mol. The molecule has 2 fully saturated rings. The highest BCUT2D eigenvalue weighted by atomic mass is 16.1. The van der Waals surface area contributed by atoms with E-state index >= 15 is 0 Å². The van der Waals surface area contributed by atoms with Crippen LogP contribution in [0, 0.1) is 0 Å². The van der Waals surface area contributed by atoms with Crippen molar-refractivity contribution in [3.63, 3.8) is 0 Å². The quantitative estimate of drug-likeness (QED) is 0.266. The van der Waals surface area contributed by atoms with Gasteiger partial charge in [0.15, 0.2) is 5.78 Å². The fourth-order valence-corrected chi connectivity index (χ4v) is 5.54. The molecule has 0 atom stereocenters. The minimum absolute atomic E-state index is 0.0697. The lowest BCUT2D eigenvalue weighted by molar-refractivity contribution is 0.104. The van der Waals surface area contributed by atoms with Crippen LogP contribution in [0.4, 0.5) is 17.1 Å². The molecule has 6 heteroatoms. The molecule has 0 aliphatic carbocycles. The SMILES string of the molecule is CCCCN(CCCC)c1cccc(C(=O)/C=C/c2c(N3CCN(C)CC3)cccc2N2CCN(C)CC2)c1. The maximum Gasteiger partial charge on any atom is 0.185 e. The lowest BCUT2D eigenvalue weighted by Crippen LogP contribution is -2.46. The Morgan fingerprint density at radius 1 is 0.769 bits per heavy atom. The Hall–Kier alpha value is -2.83. The van der Waals surface area contributed by atoms with Gasteiger partial charge in [0.2, 0.25) is 0 Å². The lowest BCUT2D eigenvalue weighted by atomic mass is 10.0. The molecule has 2 saturated heterocycles. The zero-order chi connectivity index (χ0) is 27.6. The van der Waals surface area contributed by atoms with E-state index in [1.54, 1.807) is 6.08 Å². The van der Waals surface area contributed by atoms with Crippen LogP contribution in [-0.2, 0) is 0 Å². The maximum absolute atomic E-state index is 13.5. The number of anilines is 3. The van der Waals surface area contributed by atoms with E-state index < -0.39 is 0 Å². The molecule has 2 aromatic carbocycles. The molecule has 0 saturated carbocycles. The molecule has 2 heterocycles. The van der Waals surface area contributed by atoms with E-state index in [9.17, 15) is 4.79 Å². The number of unbranched alkanes of at least 4 members (excludes halogenated alkanes) is 2. The minimum atomic E-state index is 0.0697. The summed E-state index contributed by atoms with van der Waals surface area (Å²) < 4.78 is 0. The third kappa shape index (κ3) is 7.86. The first kappa shape index (κ1) is 29.2. The van der Waals surface area contributed by atoms with Gasteiger partial charge in [0.25, 0.3) is 0 Å². The molecule has 4 rings (SSSR count). The number of benzene rings is 2. The van der Waals surface area contributed by atoms with Crippen LogP contribution in [0.5, 0.6) is 0 Å². The summed E-state index contributed by atoms with van der Waals surface area (Å²) in [6.45, 7) is 14.8. The average Bonchev–Trinajstić information content (AvgIpc) is 2.97. The topological polar surface area (TPSA) is 33.3 Å². The van der Waals surface area contributed by atoms with Crippen molar-refractivity contribution in [2.24, 2.45) is 0 Å². The Balaban J connectivity index is 1.61. The fraction of sp³-hybridized carbons (Fsp3) is 0.545. The summed E-state index contributed by atoms with van der Waals surface area (Å²) in [4.78, 5) is 25.7. The van der Waals surface area contributed by atoms with Gasteiger partial charge in [-0.15, -0.1) is 0 Å². The predicted octanol–water partition coefficient (Wildman–Crippen LogP) is 5.49. The number of hydrogen-bond acceptors (Lipinski definition) is 6. The van der Waals surface area contributed by atoms with E-state index in [4.69, 9.17) is 0 Å². The van der Waals surface area contributed by atoms with E-state index in [0.29, 0.717) is 0 Å². The summed E-state index contributed by atoms with van der Waals surface area (Å²) in [7, 11) is 4.38. The number of allylic oxidation sites excluding steroid dienone is 1. The van der Waals surface area contributed by atoms with E-state index in [-0.39, 0.29) is 5.78 Å². The number of piperazine rings is 2. The summed E-state index contributed by atoms with van der Waals surface area (Å²) in [6, 6.07) is 14.9. The zero-order valence-corrected chi connectivity index (χ0v) is 24.7. The van der Waals surface area contributed by atoms with Gasteiger partial charge in [-0.2, -0.15) is 0 Å². The van der Waals surface area contributed by atoms with Gasteiger partial charge in [-0.3, -0.25) is 4.79 Å². The molecule has 0 aromatic heterocycles. The Kier molecular flexibility index (Phi) is 10.9. The number of carbonyl (C=O) groups excluding carboxylic acids is 1. The molecule has 2 aliphatic heterocycles. The van der Waals surface area contributed by atoms with Gasteiger partial charge in [0.05, 0.1) is 0 Å². The zero-order valence-electron chi connectivity index (χ0n) is 24.7. The van der Waals surface area contributed by atoms with E-state index in [1.807, 2.05) is 12.1 Å². The first-order valence-electron chi connectivity index (χ1n) is 15.1. The molecule has 6 nitrogen and oxygen atoms in total. The van der Waals surface area contributed by atoms with Crippen molar-refractivity contribution in [1.82, 2.24) is 9.80 Å². The van der Waals surface area contributed by atoms with Crippen LogP contribution in [-0.4, -0.2) is 95.1 Å². The van der Waals surface area contributed by atoms with Crippen LogP contribution < -0.4 is 14.7 Å². The molecule has 2 aliphatic rings. The van der Waals surface area contributed by atoms with Crippen molar-refractivity contribution in [3.8, 4) is 0 Å². The molecule has 0 spiro atoms. The van der Waals surface area contributed by atoms with Gasteiger partial charge in [-0.25, -0.2) is 0 Å². The monoisotopic (exact) mass is 531 g/mol. The predicted molar refractivity (Wildman–Crippen MR) is 168 cm³/mol. The number of hydrogen-bond donors (Lipinski definition) is 0. The number of carbonyl (C=O) groups is 1. The van der Waals surface area contributed by atoms with Crippen molar-refractivity contribution < 1.29 is 4.79 Å². The molecule has 0 radical (unpaired) electrons. The second kappa shape index (κ2) is 14.5. The minimum Gasteiger partial charge on any atom is -0.372 e. The Morgan fingerprint density at radius 2 is 1.28 bits per heavy atom. The molecule has 0 bridgehead atoms. The Labute approximate surface area is 236 Å². The van der Waals surface area contributed by atoms with Crippen LogP contribution in [0.25, 0.3) is 6.08 Å². The van der Waals surface area contributed by atoms with Crippen molar-refractivity contribution >= 4 is 28.9 Å². The normalized spacial score (nSPS) is 17.2. The molecule has 0 unspecified atom stereocenters. The molecule has 39 heavy (non-hydrogen) atoms. The lowest BCUT2D eigenvalue weighted by Gasteiger charge is -2.38. The van der Waals surface area contributed by atoms with Gasteiger partial charge in [-0.1, -0.05) is 44.9 Å². The van der Waals surface area contributed by atoms with Gasteiger partial charge in [0.1, 0.15) is 0 Å². The van der Waals surface area contributed by atoms with Crippen molar-refractivity contribution in [1.29, 1.82) is 0 Å². The second-order valence-electron chi connectivity index (χ2n) is 11.2. The summed E-state index contributed by atoms with van der Waals surface area (Å²) in [5, 5.41) is 0. The van der Waals surface area contributed by atoms with E-state index in [1.165, 1.54) is 42.6 Å². The number of ketones is 1. The smallest absolute Gasteiger partial charge is 0.185 e. The Bertz CT molecular complexity index is 1040. The van der Waals surface area contributed by atoms with Crippen LogP contribution >= 0.6 is 0 Å². The van der Waals surface area contributed by atoms with Crippen LogP contribution in [0.15, 0.2) is 48.5 Å². The highest BCUT2D eigenvalue weighted by Crippen LogP contribution is 2.33. The van der Waals surface area contributed by atoms with Crippen molar-refractivity contribution in [2.75, 3.05) is 94.2 Å². The molecular weight excluding hydrogens is 482 g/mol. The first-order valence-corrected chi connectivity index (χ1v) is 15.1. The number of nitrogens with zero attached hydrogens (tertiary/aromatic N) is 5. The third-order valence-corrected chi connectivity index (χ3v) is 8.21. The van der Waals surface area contributed by atoms with Crippen molar-refractivity contribution in [2.45, 2.75) is 39.5 Å². The molecule has 0 amide bonds. The highest BCUT2D eigenvalue weighted by molar-refractivity contribution is 6.08. The number of likely N-dealkylation sites (N-methyl/N-ethyl adjacent to an activating group) is 2. The van der Waals surface area contributed by atoms with Crippen LogP contribution in [0.2, 0.25) is 0 Å². The standard InChI is InChI=1S/C33H49N5O/c1-5-7-17-36(18-8-6-2)29-12-9-11-28(27-29)33(39)16-15-30-31(37-23-19-34(3)20-24-37)13-10-14-32(30)38-25-21-35(4)22-26-38/h9-16,27H,5-8,17-26H2,1-4H3/b16-15+. The fourth-order valence-electron chi connectivity index (χ4n) is 5.54. The van der Waals surface area contributed by atoms with Crippen molar-refractivity contribution in [3.05, 3.63) is 59.7 Å². The Morgan fingerprint density at radius 3 is 1.79 bits per heavy atom. The molecule has 2 aromatic rings. The highest BCUT2D eigenvalue weighted by Gasteiger charge is 2.22. The van der Waals surface area contributed by atoms with Gasteiger partial charge in [0, 0.05) is 93.6 Å². The summed E-state index contributed by atoms with van der Waals surface area (Å²) in [5.74, 6) is 0.0697. The molecule has 212 valence electrons. The molecular formula is C33H49N5O. The van der Waals surface area contributed by atoms with E-state index in [2.05, 4.69) is 88.9 Å². The van der Waals surface area contributed by atoms with E-state index in [0.717, 1.165) is 76.7 Å².